The molecule has 0 aliphatic rings. The van der Waals surface area contributed by atoms with Crippen molar-refractivity contribution < 1.29 is 9.84 Å². The zero-order valence-electron chi connectivity index (χ0n) is 7.95. The molecule has 2 N–H and O–H groups in total. The number of aliphatic hydroxyl groups excluding tert-OH is 1. The van der Waals surface area contributed by atoms with E-state index in [-0.39, 0.29) is 0 Å². The van der Waals surface area contributed by atoms with Crippen LogP contribution in [0.25, 0.3) is 0 Å². The maximum absolute atomic E-state index is 9.62. The van der Waals surface area contributed by atoms with Gasteiger partial charge in [-0.2, -0.15) is 0 Å². The van der Waals surface area contributed by atoms with Crippen LogP contribution in [0, 0.1) is 0 Å². The predicted octanol–water partition coefficient (Wildman–Crippen LogP) is 0.948. The molecule has 0 amide bonds. The van der Waals surface area contributed by atoms with Crippen molar-refractivity contribution in [2.45, 2.75) is 6.10 Å². The van der Waals surface area contributed by atoms with Crippen LogP contribution in [0.4, 0.5) is 0 Å². The highest BCUT2D eigenvalue weighted by Crippen LogP contribution is 2.18. The predicted molar refractivity (Wildman–Crippen MR) is 51.9 cm³/mol. The van der Waals surface area contributed by atoms with E-state index in [4.69, 9.17) is 4.74 Å². The van der Waals surface area contributed by atoms with Crippen molar-refractivity contribution in [3.05, 3.63) is 29.8 Å². The maximum atomic E-state index is 9.62. The number of aliphatic hydroxyl groups is 1. The topological polar surface area (TPSA) is 41.5 Å². The number of likely N-dealkylation sites (N-methyl/N-ethyl adjacent to an activating group) is 1. The Kier molecular flexibility index (Phi) is 3.73. The van der Waals surface area contributed by atoms with E-state index in [0.29, 0.717) is 6.54 Å². The van der Waals surface area contributed by atoms with E-state index in [1.807, 2.05) is 31.3 Å². The van der Waals surface area contributed by atoms with Crippen LogP contribution < -0.4 is 10.1 Å². The van der Waals surface area contributed by atoms with Gasteiger partial charge in [0.05, 0.1) is 13.2 Å². The van der Waals surface area contributed by atoms with Gasteiger partial charge in [-0.1, -0.05) is 12.1 Å². The van der Waals surface area contributed by atoms with E-state index in [2.05, 4.69) is 5.32 Å². The Labute approximate surface area is 78.3 Å². The van der Waals surface area contributed by atoms with Crippen LogP contribution in [0.5, 0.6) is 5.75 Å². The number of hydrogen-bond acceptors (Lipinski definition) is 3. The molecule has 0 saturated carbocycles. The molecule has 0 unspecified atom stereocenters. The molecule has 1 aromatic carbocycles. The van der Waals surface area contributed by atoms with E-state index < -0.39 is 6.10 Å². The van der Waals surface area contributed by atoms with Crippen LogP contribution in [-0.4, -0.2) is 25.8 Å². The largest absolute Gasteiger partial charge is 0.497 e. The molecule has 1 atom stereocenters. The highest BCUT2D eigenvalue weighted by molar-refractivity contribution is 5.29. The molecule has 1 aromatic rings. The lowest BCUT2D eigenvalue weighted by molar-refractivity contribution is 0.177. The molecule has 0 aliphatic heterocycles. The molecule has 0 radical (unpaired) electrons. The molecule has 1 rings (SSSR count). The second kappa shape index (κ2) is 4.84. The lowest BCUT2D eigenvalue weighted by Crippen LogP contribution is -2.16. The van der Waals surface area contributed by atoms with Gasteiger partial charge in [0.1, 0.15) is 5.75 Å². The van der Waals surface area contributed by atoms with E-state index in [1.54, 1.807) is 7.11 Å². The first-order valence-corrected chi connectivity index (χ1v) is 4.24. The van der Waals surface area contributed by atoms with Crippen LogP contribution >= 0.6 is 0 Å². The Hall–Kier alpha value is -1.06. The second-order valence-electron chi connectivity index (χ2n) is 2.85. The summed E-state index contributed by atoms with van der Waals surface area (Å²) in [4.78, 5) is 0. The summed E-state index contributed by atoms with van der Waals surface area (Å²) in [5.41, 5.74) is 0.869. The molecule has 0 heterocycles. The van der Waals surface area contributed by atoms with E-state index in [0.717, 1.165) is 11.3 Å². The number of methoxy groups -OCH3 is 1. The molecule has 72 valence electrons. The first-order valence-electron chi connectivity index (χ1n) is 4.24. The summed E-state index contributed by atoms with van der Waals surface area (Å²) in [5.74, 6) is 0.771. The Balaban J connectivity index is 2.75. The van der Waals surface area contributed by atoms with Crippen LogP contribution in [-0.2, 0) is 0 Å². The van der Waals surface area contributed by atoms with Crippen LogP contribution in [0.15, 0.2) is 24.3 Å². The molecule has 0 aliphatic carbocycles. The molecule has 0 spiro atoms. The molecule has 3 heteroatoms. The molecule has 0 aromatic heterocycles. The SMILES string of the molecule is CNC[C@H](O)c1cccc(OC)c1. The average Bonchev–Trinajstić information content (AvgIpc) is 2.18. The van der Waals surface area contributed by atoms with Crippen molar-refractivity contribution in [3.63, 3.8) is 0 Å². The van der Waals surface area contributed by atoms with Crippen LogP contribution in [0.3, 0.4) is 0 Å². The van der Waals surface area contributed by atoms with Crippen molar-refractivity contribution >= 4 is 0 Å². The van der Waals surface area contributed by atoms with Gasteiger partial charge in [-0.15, -0.1) is 0 Å². The van der Waals surface area contributed by atoms with Crippen LogP contribution in [0.2, 0.25) is 0 Å². The number of nitrogens with one attached hydrogen (secondary N) is 1. The molecule has 3 nitrogen and oxygen atoms in total. The highest BCUT2D eigenvalue weighted by atomic mass is 16.5. The monoisotopic (exact) mass is 181 g/mol. The zero-order chi connectivity index (χ0) is 9.68. The Morgan fingerprint density at radius 3 is 2.92 bits per heavy atom. The van der Waals surface area contributed by atoms with Gasteiger partial charge in [0.15, 0.2) is 0 Å². The summed E-state index contributed by atoms with van der Waals surface area (Å²) >= 11 is 0. The number of ether oxygens (including phenoxy) is 1. The van der Waals surface area contributed by atoms with Crippen molar-refractivity contribution in [2.24, 2.45) is 0 Å². The van der Waals surface area contributed by atoms with Gasteiger partial charge in [0.2, 0.25) is 0 Å². The number of benzene rings is 1. The van der Waals surface area contributed by atoms with Crippen molar-refractivity contribution in [1.29, 1.82) is 0 Å². The molecule has 0 saturated heterocycles. The van der Waals surface area contributed by atoms with Gasteiger partial charge in [0, 0.05) is 6.54 Å². The number of rotatable bonds is 4. The second-order valence-corrected chi connectivity index (χ2v) is 2.85. The first-order chi connectivity index (χ1) is 6.27. The van der Waals surface area contributed by atoms with Gasteiger partial charge >= 0.3 is 0 Å². The van der Waals surface area contributed by atoms with E-state index >= 15 is 0 Å². The lowest BCUT2D eigenvalue weighted by atomic mass is 10.1. The fourth-order valence-electron chi connectivity index (χ4n) is 1.16. The average molecular weight is 181 g/mol. The van der Waals surface area contributed by atoms with Gasteiger partial charge < -0.3 is 15.2 Å². The van der Waals surface area contributed by atoms with Crippen molar-refractivity contribution in [3.8, 4) is 5.75 Å². The summed E-state index contributed by atoms with van der Waals surface area (Å²) in [6.45, 7) is 0.549. The quantitative estimate of drug-likeness (QED) is 0.726. The van der Waals surface area contributed by atoms with Crippen molar-refractivity contribution in [2.75, 3.05) is 20.7 Å². The Bertz CT molecular complexity index is 263. The third-order valence-electron chi connectivity index (χ3n) is 1.88. The molecular weight excluding hydrogens is 166 g/mol. The van der Waals surface area contributed by atoms with Gasteiger partial charge in [-0.3, -0.25) is 0 Å². The van der Waals surface area contributed by atoms with Gasteiger partial charge in [0.25, 0.3) is 0 Å². The minimum atomic E-state index is -0.472. The normalized spacial score (nSPS) is 12.5. The van der Waals surface area contributed by atoms with Crippen molar-refractivity contribution in [1.82, 2.24) is 5.32 Å². The first kappa shape index (κ1) is 10.0. The van der Waals surface area contributed by atoms with Crippen LogP contribution in [0.1, 0.15) is 11.7 Å². The minimum absolute atomic E-state index is 0.472. The summed E-state index contributed by atoms with van der Waals surface area (Å²) in [6, 6.07) is 7.44. The maximum Gasteiger partial charge on any atom is 0.119 e. The van der Waals surface area contributed by atoms with Gasteiger partial charge in [-0.05, 0) is 24.7 Å². The molecule has 0 bridgehead atoms. The van der Waals surface area contributed by atoms with E-state index in [9.17, 15) is 5.11 Å². The fourth-order valence-corrected chi connectivity index (χ4v) is 1.16. The summed E-state index contributed by atoms with van der Waals surface area (Å²) in [6.07, 6.45) is -0.472. The fraction of sp³-hybridized carbons (Fsp3) is 0.400. The van der Waals surface area contributed by atoms with Gasteiger partial charge in [-0.25, -0.2) is 0 Å². The minimum Gasteiger partial charge on any atom is -0.497 e. The van der Waals surface area contributed by atoms with E-state index in [1.165, 1.54) is 0 Å². The standard InChI is InChI=1S/C10H15NO2/c1-11-7-10(12)8-4-3-5-9(6-8)13-2/h3-6,10-12H,7H2,1-2H3/t10-/m0/s1. The number of hydrogen-bond donors (Lipinski definition) is 2. The Morgan fingerprint density at radius 2 is 2.31 bits per heavy atom. The Morgan fingerprint density at radius 1 is 1.54 bits per heavy atom. The summed E-state index contributed by atoms with van der Waals surface area (Å²) < 4.78 is 5.05. The summed E-state index contributed by atoms with van der Waals surface area (Å²) in [7, 11) is 3.42. The smallest absolute Gasteiger partial charge is 0.119 e. The molecule has 0 fully saturated rings. The molecular formula is C10H15NO2. The highest BCUT2D eigenvalue weighted by Gasteiger charge is 2.06. The lowest BCUT2D eigenvalue weighted by Gasteiger charge is -2.10. The third kappa shape index (κ3) is 2.72. The zero-order valence-corrected chi connectivity index (χ0v) is 7.95. The third-order valence-corrected chi connectivity index (χ3v) is 1.88. The summed E-state index contributed by atoms with van der Waals surface area (Å²) in [5, 5.41) is 12.5. The molecule has 13 heavy (non-hydrogen) atoms.